The standard InChI is InChI=1S/C12H22N2/c1-10-9-11(13)7-8-14(10)12-5-3-2-4-6-12/h2-3,10-12H,4-9,13H2,1H3. The second-order valence-corrected chi connectivity index (χ2v) is 4.81. The monoisotopic (exact) mass is 194 g/mol. The van der Waals surface area contributed by atoms with Crippen molar-refractivity contribution < 1.29 is 0 Å². The highest BCUT2D eigenvalue weighted by Crippen LogP contribution is 2.25. The molecular weight excluding hydrogens is 172 g/mol. The van der Waals surface area contributed by atoms with Crippen LogP contribution < -0.4 is 5.73 Å². The van der Waals surface area contributed by atoms with Gasteiger partial charge in [-0.3, -0.25) is 4.90 Å². The molecule has 1 aliphatic carbocycles. The van der Waals surface area contributed by atoms with Gasteiger partial charge in [0.25, 0.3) is 0 Å². The Bertz CT molecular complexity index is 212. The van der Waals surface area contributed by atoms with Gasteiger partial charge in [0.15, 0.2) is 0 Å². The number of piperidine rings is 1. The molecule has 1 aliphatic heterocycles. The van der Waals surface area contributed by atoms with Crippen LogP contribution in [0, 0.1) is 0 Å². The van der Waals surface area contributed by atoms with Gasteiger partial charge in [0.05, 0.1) is 0 Å². The highest BCUT2D eigenvalue weighted by molar-refractivity contribution is 4.96. The summed E-state index contributed by atoms with van der Waals surface area (Å²) in [6, 6.07) is 1.93. The van der Waals surface area contributed by atoms with Gasteiger partial charge in [0, 0.05) is 24.7 Å². The molecule has 2 nitrogen and oxygen atoms in total. The van der Waals surface area contributed by atoms with Crippen molar-refractivity contribution in [3.05, 3.63) is 12.2 Å². The highest BCUT2D eigenvalue weighted by atomic mass is 15.2. The van der Waals surface area contributed by atoms with Crippen LogP contribution in [0.15, 0.2) is 12.2 Å². The lowest BCUT2D eigenvalue weighted by atomic mass is 9.92. The van der Waals surface area contributed by atoms with Crippen LogP contribution >= 0.6 is 0 Å². The van der Waals surface area contributed by atoms with Gasteiger partial charge in [-0.2, -0.15) is 0 Å². The largest absolute Gasteiger partial charge is 0.328 e. The molecule has 14 heavy (non-hydrogen) atoms. The van der Waals surface area contributed by atoms with Gasteiger partial charge in [0.2, 0.25) is 0 Å². The number of nitrogens with zero attached hydrogens (tertiary/aromatic N) is 1. The summed E-state index contributed by atoms with van der Waals surface area (Å²) in [5.41, 5.74) is 5.98. The van der Waals surface area contributed by atoms with E-state index in [1.807, 2.05) is 0 Å². The highest BCUT2D eigenvalue weighted by Gasteiger charge is 2.28. The Hall–Kier alpha value is -0.340. The summed E-state index contributed by atoms with van der Waals surface area (Å²) in [5.74, 6) is 0. The van der Waals surface area contributed by atoms with E-state index in [0.29, 0.717) is 12.1 Å². The van der Waals surface area contributed by atoms with Gasteiger partial charge in [-0.05, 0) is 39.0 Å². The molecule has 1 heterocycles. The molecule has 0 spiro atoms. The van der Waals surface area contributed by atoms with Crippen molar-refractivity contribution in [1.29, 1.82) is 0 Å². The summed E-state index contributed by atoms with van der Waals surface area (Å²) < 4.78 is 0. The molecule has 2 N–H and O–H groups in total. The fourth-order valence-electron chi connectivity index (χ4n) is 2.85. The lowest BCUT2D eigenvalue weighted by molar-refractivity contribution is 0.0901. The van der Waals surface area contributed by atoms with Gasteiger partial charge < -0.3 is 5.73 Å². The van der Waals surface area contributed by atoms with E-state index in [1.54, 1.807) is 0 Å². The van der Waals surface area contributed by atoms with Crippen molar-refractivity contribution in [3.8, 4) is 0 Å². The fraction of sp³-hybridized carbons (Fsp3) is 0.833. The average Bonchev–Trinajstić information content (AvgIpc) is 2.19. The van der Waals surface area contributed by atoms with Crippen molar-refractivity contribution in [3.63, 3.8) is 0 Å². The van der Waals surface area contributed by atoms with Gasteiger partial charge >= 0.3 is 0 Å². The van der Waals surface area contributed by atoms with Crippen LogP contribution in [0.5, 0.6) is 0 Å². The quantitative estimate of drug-likeness (QED) is 0.646. The minimum absolute atomic E-state index is 0.445. The first-order valence-corrected chi connectivity index (χ1v) is 5.93. The zero-order valence-corrected chi connectivity index (χ0v) is 9.15. The van der Waals surface area contributed by atoms with E-state index < -0.39 is 0 Å². The van der Waals surface area contributed by atoms with E-state index in [9.17, 15) is 0 Å². The molecule has 0 aromatic carbocycles. The third-order valence-electron chi connectivity index (χ3n) is 3.68. The molecule has 0 aromatic heterocycles. The van der Waals surface area contributed by atoms with Gasteiger partial charge in [-0.15, -0.1) is 0 Å². The number of allylic oxidation sites excluding steroid dienone is 1. The fourth-order valence-corrected chi connectivity index (χ4v) is 2.85. The SMILES string of the molecule is CC1CC(N)CCN1C1CC=CCC1. The molecule has 0 bridgehead atoms. The first-order chi connectivity index (χ1) is 6.77. The third-order valence-corrected chi connectivity index (χ3v) is 3.68. The predicted molar refractivity (Wildman–Crippen MR) is 60.2 cm³/mol. The van der Waals surface area contributed by atoms with E-state index in [0.717, 1.165) is 6.04 Å². The lowest BCUT2D eigenvalue weighted by Crippen LogP contribution is -2.50. The smallest absolute Gasteiger partial charge is 0.0135 e. The van der Waals surface area contributed by atoms with Crippen LogP contribution in [0.2, 0.25) is 0 Å². The van der Waals surface area contributed by atoms with Crippen LogP contribution in [0.4, 0.5) is 0 Å². The van der Waals surface area contributed by atoms with Gasteiger partial charge in [-0.1, -0.05) is 12.2 Å². The number of likely N-dealkylation sites (tertiary alicyclic amines) is 1. The molecule has 3 atom stereocenters. The molecular formula is C12H22N2. The topological polar surface area (TPSA) is 29.3 Å². The Kier molecular flexibility index (Phi) is 3.24. The molecule has 2 aliphatic rings. The zero-order chi connectivity index (χ0) is 9.97. The maximum Gasteiger partial charge on any atom is 0.0135 e. The summed E-state index contributed by atoms with van der Waals surface area (Å²) >= 11 is 0. The number of rotatable bonds is 1. The molecule has 0 amide bonds. The summed E-state index contributed by atoms with van der Waals surface area (Å²) in [6.07, 6.45) is 10.9. The summed E-state index contributed by atoms with van der Waals surface area (Å²) in [6.45, 7) is 3.54. The van der Waals surface area contributed by atoms with Crippen molar-refractivity contribution in [2.75, 3.05) is 6.54 Å². The molecule has 2 heteroatoms. The van der Waals surface area contributed by atoms with Gasteiger partial charge in [-0.25, -0.2) is 0 Å². The Labute approximate surface area is 87.2 Å². The molecule has 2 rings (SSSR count). The maximum atomic E-state index is 5.98. The van der Waals surface area contributed by atoms with E-state index in [4.69, 9.17) is 5.73 Å². The number of hydrogen-bond acceptors (Lipinski definition) is 2. The number of nitrogens with two attached hydrogens (primary N) is 1. The van der Waals surface area contributed by atoms with Crippen LogP contribution in [0.3, 0.4) is 0 Å². The summed E-state index contributed by atoms with van der Waals surface area (Å²) in [5, 5.41) is 0. The second-order valence-electron chi connectivity index (χ2n) is 4.81. The van der Waals surface area contributed by atoms with Crippen molar-refractivity contribution in [2.45, 2.75) is 57.2 Å². The molecule has 80 valence electrons. The van der Waals surface area contributed by atoms with Gasteiger partial charge in [0.1, 0.15) is 0 Å². The molecule has 0 saturated carbocycles. The Morgan fingerprint density at radius 3 is 2.79 bits per heavy atom. The third kappa shape index (κ3) is 2.18. The van der Waals surface area contributed by atoms with Crippen LogP contribution in [0.25, 0.3) is 0 Å². The first-order valence-electron chi connectivity index (χ1n) is 5.93. The minimum Gasteiger partial charge on any atom is -0.328 e. The first kappa shape index (κ1) is 10.2. The molecule has 1 saturated heterocycles. The van der Waals surface area contributed by atoms with Crippen LogP contribution in [-0.2, 0) is 0 Å². The molecule has 1 fully saturated rings. The zero-order valence-electron chi connectivity index (χ0n) is 9.15. The summed E-state index contributed by atoms with van der Waals surface area (Å²) in [7, 11) is 0. The Morgan fingerprint density at radius 1 is 1.29 bits per heavy atom. The maximum absolute atomic E-state index is 5.98. The molecule has 3 unspecified atom stereocenters. The Balaban J connectivity index is 1.93. The van der Waals surface area contributed by atoms with Crippen molar-refractivity contribution in [1.82, 2.24) is 4.90 Å². The second kappa shape index (κ2) is 4.45. The van der Waals surface area contributed by atoms with E-state index >= 15 is 0 Å². The van der Waals surface area contributed by atoms with Crippen molar-refractivity contribution >= 4 is 0 Å². The minimum atomic E-state index is 0.445. The van der Waals surface area contributed by atoms with E-state index in [1.165, 1.54) is 38.6 Å². The predicted octanol–water partition coefficient (Wildman–Crippen LogP) is 1.91. The Morgan fingerprint density at radius 2 is 2.14 bits per heavy atom. The molecule has 0 radical (unpaired) electrons. The van der Waals surface area contributed by atoms with Crippen LogP contribution in [-0.4, -0.2) is 29.6 Å². The average molecular weight is 194 g/mol. The normalized spacial score (nSPS) is 40.0. The van der Waals surface area contributed by atoms with E-state index in [-0.39, 0.29) is 0 Å². The summed E-state index contributed by atoms with van der Waals surface area (Å²) in [4.78, 5) is 2.67. The van der Waals surface area contributed by atoms with Crippen molar-refractivity contribution in [2.24, 2.45) is 5.73 Å². The van der Waals surface area contributed by atoms with E-state index in [2.05, 4.69) is 24.0 Å². The molecule has 0 aromatic rings. The lowest BCUT2D eigenvalue weighted by Gasteiger charge is -2.42. The number of hydrogen-bond donors (Lipinski definition) is 1. The van der Waals surface area contributed by atoms with Crippen LogP contribution in [0.1, 0.15) is 39.0 Å².